The van der Waals surface area contributed by atoms with Gasteiger partial charge in [0.05, 0.1) is 11.9 Å². The molecule has 0 aliphatic carbocycles. The Morgan fingerprint density at radius 3 is 2.73 bits per heavy atom. The molecule has 0 radical (unpaired) electrons. The summed E-state index contributed by atoms with van der Waals surface area (Å²) in [7, 11) is 0. The summed E-state index contributed by atoms with van der Waals surface area (Å²) in [6.07, 6.45) is 5.65. The van der Waals surface area contributed by atoms with E-state index in [1.54, 1.807) is 24.7 Å². The van der Waals surface area contributed by atoms with E-state index in [-0.39, 0.29) is 0 Å². The fourth-order valence-electron chi connectivity index (χ4n) is 1.24. The third-order valence-electron chi connectivity index (χ3n) is 1.93. The van der Waals surface area contributed by atoms with E-state index in [0.717, 1.165) is 12.2 Å². The first-order valence-corrected chi connectivity index (χ1v) is 4.69. The van der Waals surface area contributed by atoms with Crippen molar-refractivity contribution in [3.8, 4) is 11.4 Å². The van der Waals surface area contributed by atoms with Crippen molar-refractivity contribution < 1.29 is 0 Å². The number of anilines is 1. The van der Waals surface area contributed by atoms with Crippen LogP contribution in [0.25, 0.3) is 11.4 Å². The lowest BCUT2D eigenvalue weighted by Gasteiger charge is -2.02. The van der Waals surface area contributed by atoms with E-state index in [9.17, 15) is 0 Å². The van der Waals surface area contributed by atoms with Crippen LogP contribution >= 0.6 is 0 Å². The number of nitrogens with zero attached hydrogens (tertiary/aromatic N) is 4. The molecule has 5 heteroatoms. The van der Waals surface area contributed by atoms with Crippen molar-refractivity contribution in [1.29, 1.82) is 0 Å². The van der Waals surface area contributed by atoms with Gasteiger partial charge in [-0.3, -0.25) is 9.97 Å². The Morgan fingerprint density at radius 2 is 2.07 bits per heavy atom. The molecule has 0 saturated heterocycles. The normalized spacial score (nSPS) is 10.2. The van der Waals surface area contributed by atoms with E-state index in [4.69, 9.17) is 5.73 Å². The SMILES string of the molecule is CCc1nc(N)cc(-c2cnccn2)n1. The molecule has 2 N–H and O–H groups in total. The maximum absolute atomic E-state index is 5.67. The van der Waals surface area contributed by atoms with Crippen molar-refractivity contribution in [2.45, 2.75) is 13.3 Å². The molecule has 0 atom stereocenters. The Kier molecular flexibility index (Phi) is 2.53. The van der Waals surface area contributed by atoms with Crippen LogP contribution in [-0.2, 0) is 6.42 Å². The molecule has 2 aromatic heterocycles. The molecule has 76 valence electrons. The van der Waals surface area contributed by atoms with Crippen molar-refractivity contribution in [2.24, 2.45) is 0 Å². The summed E-state index contributed by atoms with van der Waals surface area (Å²) in [6.45, 7) is 1.98. The van der Waals surface area contributed by atoms with Crippen molar-refractivity contribution in [3.63, 3.8) is 0 Å². The van der Waals surface area contributed by atoms with Gasteiger partial charge in [-0.25, -0.2) is 9.97 Å². The van der Waals surface area contributed by atoms with Gasteiger partial charge in [-0.1, -0.05) is 6.92 Å². The van der Waals surface area contributed by atoms with Crippen molar-refractivity contribution in [3.05, 3.63) is 30.5 Å². The Balaban J connectivity index is 2.49. The van der Waals surface area contributed by atoms with Gasteiger partial charge in [-0.15, -0.1) is 0 Å². The second kappa shape index (κ2) is 4.00. The molecule has 0 aliphatic heterocycles. The highest BCUT2D eigenvalue weighted by atomic mass is 15.0. The summed E-state index contributed by atoms with van der Waals surface area (Å²) in [5, 5.41) is 0. The number of nitrogen functional groups attached to an aromatic ring is 1. The molecule has 0 aromatic carbocycles. The highest BCUT2D eigenvalue weighted by Crippen LogP contribution is 2.14. The molecule has 0 aliphatic rings. The number of hydrogen-bond acceptors (Lipinski definition) is 5. The standard InChI is InChI=1S/C10H11N5/c1-2-10-14-7(5-9(11)15-10)8-6-12-3-4-13-8/h3-6H,2H2,1H3,(H2,11,14,15). The van der Waals surface area contributed by atoms with Gasteiger partial charge in [0.2, 0.25) is 0 Å². The van der Waals surface area contributed by atoms with Crippen molar-refractivity contribution in [2.75, 3.05) is 5.73 Å². The maximum atomic E-state index is 5.67. The van der Waals surface area contributed by atoms with Crippen LogP contribution in [0.5, 0.6) is 0 Å². The first-order chi connectivity index (χ1) is 7.29. The van der Waals surface area contributed by atoms with Gasteiger partial charge in [-0.2, -0.15) is 0 Å². The highest BCUT2D eigenvalue weighted by molar-refractivity contribution is 5.56. The van der Waals surface area contributed by atoms with E-state index >= 15 is 0 Å². The van der Waals surface area contributed by atoms with Crippen LogP contribution in [-0.4, -0.2) is 19.9 Å². The molecule has 0 saturated carbocycles. The van der Waals surface area contributed by atoms with E-state index in [0.29, 0.717) is 17.2 Å². The molecule has 5 nitrogen and oxygen atoms in total. The molecule has 0 unspecified atom stereocenters. The van der Waals surface area contributed by atoms with Crippen molar-refractivity contribution >= 4 is 5.82 Å². The van der Waals surface area contributed by atoms with Gasteiger partial charge < -0.3 is 5.73 Å². The molecule has 0 spiro atoms. The van der Waals surface area contributed by atoms with Gasteiger partial charge in [-0.05, 0) is 0 Å². The summed E-state index contributed by atoms with van der Waals surface area (Å²) in [4.78, 5) is 16.6. The maximum Gasteiger partial charge on any atom is 0.131 e. The number of aromatic nitrogens is 4. The molecule has 0 bridgehead atoms. The zero-order valence-electron chi connectivity index (χ0n) is 8.38. The van der Waals surface area contributed by atoms with E-state index in [1.807, 2.05) is 6.92 Å². The van der Waals surface area contributed by atoms with Crippen LogP contribution in [0.4, 0.5) is 5.82 Å². The topological polar surface area (TPSA) is 77.6 Å². The Morgan fingerprint density at radius 1 is 1.20 bits per heavy atom. The summed E-state index contributed by atoms with van der Waals surface area (Å²) in [5.74, 6) is 1.18. The molecule has 2 heterocycles. The number of hydrogen-bond donors (Lipinski definition) is 1. The van der Waals surface area contributed by atoms with Crippen LogP contribution in [0.3, 0.4) is 0 Å². The highest BCUT2D eigenvalue weighted by Gasteiger charge is 2.04. The molecule has 2 aromatic rings. The molecular weight excluding hydrogens is 190 g/mol. The number of aryl methyl sites for hydroxylation is 1. The lowest BCUT2D eigenvalue weighted by Crippen LogP contribution is -2.00. The van der Waals surface area contributed by atoms with E-state index < -0.39 is 0 Å². The number of rotatable bonds is 2. The van der Waals surface area contributed by atoms with E-state index in [1.165, 1.54) is 0 Å². The minimum Gasteiger partial charge on any atom is -0.384 e. The summed E-state index contributed by atoms with van der Waals surface area (Å²) >= 11 is 0. The van der Waals surface area contributed by atoms with Gasteiger partial charge >= 0.3 is 0 Å². The van der Waals surface area contributed by atoms with Crippen LogP contribution < -0.4 is 5.73 Å². The quantitative estimate of drug-likeness (QED) is 0.786. The molecular formula is C10H11N5. The summed E-state index contributed by atoms with van der Waals surface area (Å²) in [5.41, 5.74) is 7.10. The second-order valence-electron chi connectivity index (χ2n) is 3.04. The molecule has 15 heavy (non-hydrogen) atoms. The smallest absolute Gasteiger partial charge is 0.131 e. The largest absolute Gasteiger partial charge is 0.384 e. The Bertz CT molecular complexity index is 455. The van der Waals surface area contributed by atoms with Gasteiger partial charge in [0.25, 0.3) is 0 Å². The second-order valence-corrected chi connectivity index (χ2v) is 3.04. The Hall–Kier alpha value is -2.04. The zero-order valence-corrected chi connectivity index (χ0v) is 8.38. The summed E-state index contributed by atoms with van der Waals surface area (Å²) < 4.78 is 0. The predicted octanol–water partition coefficient (Wildman–Crippen LogP) is 1.08. The molecule has 2 rings (SSSR count). The van der Waals surface area contributed by atoms with Gasteiger partial charge in [0.15, 0.2) is 0 Å². The van der Waals surface area contributed by atoms with Crippen LogP contribution in [0, 0.1) is 0 Å². The van der Waals surface area contributed by atoms with Crippen LogP contribution in [0.1, 0.15) is 12.7 Å². The summed E-state index contributed by atoms with van der Waals surface area (Å²) in [6, 6.07) is 1.70. The van der Waals surface area contributed by atoms with E-state index in [2.05, 4.69) is 19.9 Å². The first kappa shape index (κ1) is 9.51. The predicted molar refractivity (Wildman–Crippen MR) is 56.8 cm³/mol. The van der Waals surface area contributed by atoms with Crippen LogP contribution in [0.15, 0.2) is 24.7 Å². The third kappa shape index (κ3) is 2.07. The zero-order chi connectivity index (χ0) is 10.7. The lowest BCUT2D eigenvalue weighted by molar-refractivity contribution is 0.945. The fraction of sp³-hybridized carbons (Fsp3) is 0.200. The minimum atomic E-state index is 0.461. The average Bonchev–Trinajstić information content (AvgIpc) is 2.29. The van der Waals surface area contributed by atoms with Crippen LogP contribution in [0.2, 0.25) is 0 Å². The molecule has 0 fully saturated rings. The lowest BCUT2D eigenvalue weighted by atomic mass is 10.3. The first-order valence-electron chi connectivity index (χ1n) is 4.69. The minimum absolute atomic E-state index is 0.461. The Labute approximate surface area is 87.4 Å². The monoisotopic (exact) mass is 201 g/mol. The molecule has 0 amide bonds. The third-order valence-corrected chi connectivity index (χ3v) is 1.93. The average molecular weight is 201 g/mol. The fourth-order valence-corrected chi connectivity index (χ4v) is 1.24. The van der Waals surface area contributed by atoms with Crippen molar-refractivity contribution in [1.82, 2.24) is 19.9 Å². The number of nitrogens with two attached hydrogens (primary N) is 1. The van der Waals surface area contributed by atoms with Gasteiger partial charge in [0, 0.05) is 24.9 Å². The van der Waals surface area contributed by atoms with Gasteiger partial charge in [0.1, 0.15) is 17.3 Å².